The van der Waals surface area contributed by atoms with E-state index in [1.165, 1.54) is 32.1 Å². The Kier molecular flexibility index (Phi) is 2.75. The zero-order valence-corrected chi connectivity index (χ0v) is 9.11. The highest BCUT2D eigenvalue weighted by Gasteiger charge is 2.42. The van der Waals surface area contributed by atoms with Crippen LogP contribution in [0.25, 0.3) is 0 Å². The van der Waals surface area contributed by atoms with E-state index in [1.807, 2.05) is 0 Å². The van der Waals surface area contributed by atoms with Gasteiger partial charge in [0.05, 0.1) is 6.61 Å². The van der Waals surface area contributed by atoms with Gasteiger partial charge in [-0.05, 0) is 31.6 Å². The summed E-state index contributed by atoms with van der Waals surface area (Å²) in [7, 11) is 0. The molecule has 1 aliphatic carbocycles. The van der Waals surface area contributed by atoms with Crippen LogP contribution in [0, 0.1) is 11.3 Å². The molecule has 0 aromatic carbocycles. The van der Waals surface area contributed by atoms with E-state index in [1.54, 1.807) is 0 Å². The third-order valence-electron chi connectivity index (χ3n) is 3.59. The first-order valence-corrected chi connectivity index (χ1v) is 6.13. The Morgan fingerprint density at radius 2 is 2.17 bits per heavy atom. The third-order valence-corrected chi connectivity index (χ3v) is 4.71. The van der Waals surface area contributed by atoms with Crippen LogP contribution >= 0.6 is 15.9 Å². The Balaban J connectivity index is 2.00. The Hall–Kier alpha value is 0.440. The first-order chi connectivity index (χ1) is 5.87. The Morgan fingerprint density at radius 3 is 2.58 bits per heavy atom. The zero-order valence-electron chi connectivity index (χ0n) is 7.52. The zero-order chi connectivity index (χ0) is 8.44. The van der Waals surface area contributed by atoms with Crippen LogP contribution < -0.4 is 0 Å². The second-order valence-corrected chi connectivity index (χ2v) is 4.84. The molecule has 0 aromatic rings. The summed E-state index contributed by atoms with van der Waals surface area (Å²) in [5.74, 6) is 0.956. The summed E-state index contributed by atoms with van der Waals surface area (Å²) >= 11 is 3.66. The monoisotopic (exact) mass is 232 g/mol. The normalized spacial score (nSPS) is 37.8. The summed E-state index contributed by atoms with van der Waals surface area (Å²) in [6.45, 7) is 1.99. The highest BCUT2D eigenvalue weighted by molar-refractivity contribution is 9.09. The van der Waals surface area contributed by atoms with Crippen molar-refractivity contribution in [3.63, 3.8) is 0 Å². The van der Waals surface area contributed by atoms with Crippen LogP contribution in [0.15, 0.2) is 0 Å². The van der Waals surface area contributed by atoms with Gasteiger partial charge in [0.1, 0.15) is 0 Å². The minimum atomic E-state index is 0.510. The molecule has 1 nitrogen and oxygen atoms in total. The van der Waals surface area contributed by atoms with Crippen molar-refractivity contribution in [2.24, 2.45) is 11.3 Å². The SMILES string of the molecule is BrCC1(C2CCC2)CCCOC1. The fraction of sp³-hybridized carbons (Fsp3) is 1.00. The molecule has 0 N–H and O–H groups in total. The third kappa shape index (κ3) is 1.44. The van der Waals surface area contributed by atoms with Gasteiger partial charge < -0.3 is 4.74 Å². The van der Waals surface area contributed by atoms with E-state index in [9.17, 15) is 0 Å². The molecule has 0 spiro atoms. The van der Waals surface area contributed by atoms with E-state index in [0.29, 0.717) is 5.41 Å². The standard InChI is InChI=1S/C10H17BrO/c11-7-10(9-3-1-4-9)5-2-6-12-8-10/h9H,1-8H2. The molecule has 1 atom stereocenters. The summed E-state index contributed by atoms with van der Waals surface area (Å²) in [6, 6.07) is 0. The summed E-state index contributed by atoms with van der Waals surface area (Å²) in [6.07, 6.45) is 6.97. The van der Waals surface area contributed by atoms with E-state index < -0.39 is 0 Å². The van der Waals surface area contributed by atoms with Crippen molar-refractivity contribution >= 4 is 15.9 Å². The maximum absolute atomic E-state index is 5.60. The van der Waals surface area contributed by atoms with Gasteiger partial charge >= 0.3 is 0 Å². The first-order valence-electron chi connectivity index (χ1n) is 5.01. The summed E-state index contributed by atoms with van der Waals surface area (Å²) in [5.41, 5.74) is 0.510. The van der Waals surface area contributed by atoms with Gasteiger partial charge in [0, 0.05) is 17.4 Å². The number of hydrogen-bond acceptors (Lipinski definition) is 1. The van der Waals surface area contributed by atoms with Crippen LogP contribution in [0.2, 0.25) is 0 Å². The predicted octanol–water partition coefficient (Wildman–Crippen LogP) is 2.98. The molecule has 0 radical (unpaired) electrons. The lowest BCUT2D eigenvalue weighted by molar-refractivity contribution is -0.0485. The molecular formula is C10H17BrO. The molecule has 12 heavy (non-hydrogen) atoms. The van der Waals surface area contributed by atoms with Gasteiger partial charge in [0.2, 0.25) is 0 Å². The van der Waals surface area contributed by atoms with Crippen LogP contribution in [0.1, 0.15) is 32.1 Å². The molecule has 1 aliphatic heterocycles. The minimum absolute atomic E-state index is 0.510. The first kappa shape index (κ1) is 9.01. The topological polar surface area (TPSA) is 9.23 Å². The van der Waals surface area contributed by atoms with Crippen molar-refractivity contribution in [3.8, 4) is 0 Å². The molecule has 0 amide bonds. The highest BCUT2D eigenvalue weighted by Crippen LogP contribution is 2.47. The van der Waals surface area contributed by atoms with Gasteiger partial charge in [0.15, 0.2) is 0 Å². The number of alkyl halides is 1. The van der Waals surface area contributed by atoms with E-state index >= 15 is 0 Å². The Labute approximate surface area is 83.0 Å². The maximum atomic E-state index is 5.60. The number of hydrogen-bond donors (Lipinski definition) is 0. The molecule has 0 bridgehead atoms. The number of halogens is 1. The van der Waals surface area contributed by atoms with Gasteiger partial charge in [-0.1, -0.05) is 22.4 Å². The summed E-state index contributed by atoms with van der Waals surface area (Å²) in [5, 5.41) is 1.14. The molecule has 2 rings (SSSR count). The summed E-state index contributed by atoms with van der Waals surface area (Å²) in [4.78, 5) is 0. The van der Waals surface area contributed by atoms with E-state index in [-0.39, 0.29) is 0 Å². The van der Waals surface area contributed by atoms with Crippen LogP contribution in [0.3, 0.4) is 0 Å². The van der Waals surface area contributed by atoms with Crippen molar-refractivity contribution in [1.82, 2.24) is 0 Å². The molecule has 2 fully saturated rings. The van der Waals surface area contributed by atoms with Gasteiger partial charge in [-0.3, -0.25) is 0 Å². The van der Waals surface area contributed by atoms with Crippen molar-refractivity contribution in [2.75, 3.05) is 18.5 Å². The second-order valence-electron chi connectivity index (χ2n) is 4.28. The molecule has 1 heterocycles. The molecular weight excluding hydrogens is 216 g/mol. The lowest BCUT2D eigenvalue weighted by Gasteiger charge is -2.46. The Morgan fingerprint density at radius 1 is 1.33 bits per heavy atom. The summed E-state index contributed by atoms with van der Waals surface area (Å²) < 4.78 is 5.60. The number of rotatable bonds is 2. The molecule has 2 heteroatoms. The van der Waals surface area contributed by atoms with Crippen LogP contribution in [-0.4, -0.2) is 18.5 Å². The lowest BCUT2D eigenvalue weighted by Crippen LogP contribution is -2.43. The van der Waals surface area contributed by atoms with Gasteiger partial charge in [-0.2, -0.15) is 0 Å². The van der Waals surface area contributed by atoms with Crippen LogP contribution in [0.4, 0.5) is 0 Å². The minimum Gasteiger partial charge on any atom is -0.381 e. The van der Waals surface area contributed by atoms with Crippen LogP contribution in [-0.2, 0) is 4.74 Å². The Bertz CT molecular complexity index is 148. The smallest absolute Gasteiger partial charge is 0.0533 e. The molecule has 0 aromatic heterocycles. The lowest BCUT2D eigenvalue weighted by atomic mass is 9.64. The second kappa shape index (κ2) is 3.67. The van der Waals surface area contributed by atoms with E-state index in [0.717, 1.165) is 24.5 Å². The average molecular weight is 233 g/mol. The van der Waals surface area contributed by atoms with E-state index in [2.05, 4.69) is 15.9 Å². The van der Waals surface area contributed by atoms with Crippen molar-refractivity contribution in [2.45, 2.75) is 32.1 Å². The highest BCUT2D eigenvalue weighted by atomic mass is 79.9. The molecule has 70 valence electrons. The molecule has 1 saturated carbocycles. The quantitative estimate of drug-likeness (QED) is 0.666. The number of ether oxygens (including phenoxy) is 1. The van der Waals surface area contributed by atoms with Gasteiger partial charge in [-0.15, -0.1) is 0 Å². The van der Waals surface area contributed by atoms with Gasteiger partial charge in [-0.25, -0.2) is 0 Å². The largest absolute Gasteiger partial charge is 0.381 e. The van der Waals surface area contributed by atoms with E-state index in [4.69, 9.17) is 4.74 Å². The molecule has 1 saturated heterocycles. The van der Waals surface area contributed by atoms with Crippen molar-refractivity contribution < 1.29 is 4.74 Å². The predicted molar refractivity (Wildman–Crippen MR) is 53.6 cm³/mol. The fourth-order valence-electron chi connectivity index (χ4n) is 2.43. The molecule has 1 unspecified atom stereocenters. The average Bonchev–Trinajstić information content (AvgIpc) is 2.03. The van der Waals surface area contributed by atoms with Crippen molar-refractivity contribution in [1.29, 1.82) is 0 Å². The van der Waals surface area contributed by atoms with Gasteiger partial charge in [0.25, 0.3) is 0 Å². The fourth-order valence-corrected chi connectivity index (χ4v) is 3.33. The van der Waals surface area contributed by atoms with Crippen LogP contribution in [0.5, 0.6) is 0 Å². The molecule has 2 aliphatic rings. The van der Waals surface area contributed by atoms with Crippen molar-refractivity contribution in [3.05, 3.63) is 0 Å². The maximum Gasteiger partial charge on any atom is 0.0533 e.